The number of aromatic hydroxyl groups is 1. The van der Waals surface area contributed by atoms with Crippen LogP contribution in [-0.4, -0.2) is 16.4 Å². The van der Waals surface area contributed by atoms with E-state index in [1.165, 1.54) is 6.07 Å². The van der Waals surface area contributed by atoms with Gasteiger partial charge in [-0.15, -0.1) is 0 Å². The van der Waals surface area contributed by atoms with Gasteiger partial charge in [-0.05, 0) is 35.8 Å². The van der Waals surface area contributed by atoms with Crippen LogP contribution in [0.5, 0.6) is 11.6 Å². The number of hydrogen-bond acceptors (Lipinski definition) is 4. The quantitative estimate of drug-likeness (QED) is 0.662. The van der Waals surface area contributed by atoms with Crippen LogP contribution in [0.25, 0.3) is 11.3 Å². The minimum atomic E-state index is -0.129. The third-order valence-corrected chi connectivity index (χ3v) is 4.01. The third kappa shape index (κ3) is 4.02. The Kier molecular flexibility index (Phi) is 4.97. The number of nitrogens with zero attached hydrogens (tertiary/aromatic N) is 1. The summed E-state index contributed by atoms with van der Waals surface area (Å²) in [6.45, 7) is 1.98. The summed E-state index contributed by atoms with van der Waals surface area (Å²) in [4.78, 5) is 0. The van der Waals surface area contributed by atoms with Crippen molar-refractivity contribution in [3.8, 4) is 23.0 Å². The molecule has 1 unspecified atom stereocenters. The molecule has 1 heterocycles. The predicted molar refractivity (Wildman–Crippen MR) is 93.9 cm³/mol. The van der Waals surface area contributed by atoms with Crippen LogP contribution in [0.2, 0.25) is 10.0 Å². The summed E-state index contributed by atoms with van der Waals surface area (Å²) in [5, 5.41) is 13.8. The lowest BCUT2D eigenvalue weighted by Gasteiger charge is -2.16. The highest BCUT2D eigenvalue weighted by molar-refractivity contribution is 6.35. The van der Waals surface area contributed by atoms with Gasteiger partial charge in [-0.25, -0.2) is 0 Å². The Balaban J connectivity index is 1.65. The van der Waals surface area contributed by atoms with Crippen LogP contribution in [0.3, 0.4) is 0 Å². The van der Waals surface area contributed by atoms with Crippen LogP contribution in [0.4, 0.5) is 0 Å². The Bertz CT molecular complexity index is 831. The van der Waals surface area contributed by atoms with Gasteiger partial charge in [0.1, 0.15) is 5.75 Å². The smallest absolute Gasteiger partial charge is 0.252 e. The molecule has 0 aliphatic heterocycles. The Morgan fingerprint density at radius 3 is 2.50 bits per heavy atom. The first-order chi connectivity index (χ1) is 11.5. The molecule has 0 aliphatic carbocycles. The average molecular weight is 364 g/mol. The highest BCUT2D eigenvalue weighted by Crippen LogP contribution is 2.29. The number of benzene rings is 2. The highest BCUT2D eigenvalue weighted by Gasteiger charge is 2.10. The maximum Gasteiger partial charge on any atom is 0.252 e. The highest BCUT2D eigenvalue weighted by atomic mass is 35.5. The van der Waals surface area contributed by atoms with E-state index < -0.39 is 0 Å². The van der Waals surface area contributed by atoms with E-state index in [1.807, 2.05) is 31.2 Å². The van der Waals surface area contributed by atoms with Gasteiger partial charge in [0.25, 0.3) is 5.88 Å². The van der Waals surface area contributed by atoms with Crippen molar-refractivity contribution in [2.24, 2.45) is 0 Å². The molecule has 1 aromatic heterocycles. The molecular weight excluding hydrogens is 349 g/mol. The molecule has 0 spiro atoms. The van der Waals surface area contributed by atoms with Gasteiger partial charge in [-0.1, -0.05) is 47.5 Å². The summed E-state index contributed by atoms with van der Waals surface area (Å²) in [5.74, 6) is 1.01. The van der Waals surface area contributed by atoms with Crippen LogP contribution < -0.4 is 4.74 Å². The average Bonchev–Trinajstić information content (AvgIpc) is 2.97. The fourth-order valence-corrected chi connectivity index (χ4v) is 2.82. The fraction of sp³-hybridized carbons (Fsp3) is 0.167. The monoisotopic (exact) mass is 363 g/mol. The van der Waals surface area contributed by atoms with Crippen molar-refractivity contribution in [1.29, 1.82) is 0 Å². The summed E-state index contributed by atoms with van der Waals surface area (Å²) < 4.78 is 10.9. The predicted octanol–water partition coefficient (Wildman–Crippen LogP) is 5.36. The maximum absolute atomic E-state index is 9.23. The summed E-state index contributed by atoms with van der Waals surface area (Å²) >= 11 is 12.0. The molecule has 3 rings (SSSR count). The summed E-state index contributed by atoms with van der Waals surface area (Å²) in [5.41, 5.74) is 1.96. The lowest BCUT2D eigenvalue weighted by Crippen LogP contribution is -2.15. The van der Waals surface area contributed by atoms with Crippen LogP contribution in [0, 0.1) is 0 Å². The molecule has 0 radical (unpaired) electrons. The van der Waals surface area contributed by atoms with Crippen molar-refractivity contribution < 1.29 is 14.4 Å². The van der Waals surface area contributed by atoms with Crippen LogP contribution in [-0.2, 0) is 6.42 Å². The van der Waals surface area contributed by atoms with Crippen LogP contribution in [0.1, 0.15) is 12.5 Å². The Morgan fingerprint density at radius 2 is 1.88 bits per heavy atom. The Morgan fingerprint density at radius 1 is 1.12 bits per heavy atom. The van der Waals surface area contributed by atoms with Gasteiger partial charge in [0.05, 0.1) is 11.1 Å². The standard InChI is InChI=1S/C18H15Cl2NO3/c1-11(23-16-7-6-14(19)9-15(16)20)8-12-2-4-13(5-3-12)17-10-18(22)21-24-17/h2-7,9-11H,8H2,1H3,(H,21,22). The molecule has 124 valence electrons. The Labute approximate surface area is 149 Å². The van der Waals surface area contributed by atoms with Crippen molar-refractivity contribution in [3.05, 3.63) is 64.1 Å². The summed E-state index contributed by atoms with van der Waals surface area (Å²) in [6, 6.07) is 14.4. The number of ether oxygens (including phenoxy) is 1. The number of aromatic nitrogens is 1. The molecule has 6 heteroatoms. The number of hydrogen-bond donors (Lipinski definition) is 1. The van der Waals surface area contributed by atoms with Crippen molar-refractivity contribution in [1.82, 2.24) is 5.16 Å². The first-order valence-electron chi connectivity index (χ1n) is 7.38. The maximum atomic E-state index is 9.23. The van der Waals surface area contributed by atoms with E-state index in [1.54, 1.807) is 18.2 Å². The normalized spacial score (nSPS) is 12.1. The third-order valence-electron chi connectivity index (χ3n) is 3.48. The van der Waals surface area contributed by atoms with Crippen molar-refractivity contribution in [3.63, 3.8) is 0 Å². The van der Waals surface area contributed by atoms with Crippen molar-refractivity contribution >= 4 is 23.2 Å². The number of halogens is 2. The lowest BCUT2D eigenvalue weighted by atomic mass is 10.1. The van der Waals surface area contributed by atoms with Gasteiger partial charge in [0.2, 0.25) is 0 Å². The van der Waals surface area contributed by atoms with Crippen LogP contribution >= 0.6 is 23.2 Å². The zero-order valence-corrected chi connectivity index (χ0v) is 14.4. The molecule has 0 amide bonds. The van der Waals surface area contributed by atoms with Gasteiger partial charge in [0.15, 0.2) is 5.76 Å². The SMILES string of the molecule is CC(Cc1ccc(-c2cc(O)no2)cc1)Oc1ccc(Cl)cc1Cl. The second-order valence-electron chi connectivity index (χ2n) is 5.45. The first-order valence-corrected chi connectivity index (χ1v) is 8.13. The molecule has 24 heavy (non-hydrogen) atoms. The summed E-state index contributed by atoms with van der Waals surface area (Å²) in [6.07, 6.45) is 0.671. The van der Waals surface area contributed by atoms with E-state index in [2.05, 4.69) is 5.16 Å². The van der Waals surface area contributed by atoms with E-state index in [0.717, 1.165) is 17.5 Å². The first kappa shape index (κ1) is 16.7. The molecule has 3 aromatic rings. The fourth-order valence-electron chi connectivity index (χ4n) is 2.37. The van der Waals surface area contributed by atoms with Crippen molar-refractivity contribution in [2.75, 3.05) is 0 Å². The molecule has 1 N–H and O–H groups in total. The van der Waals surface area contributed by atoms with E-state index in [9.17, 15) is 5.11 Å². The molecule has 0 saturated carbocycles. The van der Waals surface area contributed by atoms with E-state index in [4.69, 9.17) is 32.5 Å². The van der Waals surface area contributed by atoms with E-state index in [-0.39, 0.29) is 12.0 Å². The second kappa shape index (κ2) is 7.16. The molecule has 0 bridgehead atoms. The van der Waals surface area contributed by atoms with Crippen LogP contribution in [0.15, 0.2) is 53.1 Å². The molecule has 4 nitrogen and oxygen atoms in total. The number of rotatable bonds is 5. The van der Waals surface area contributed by atoms with Gasteiger partial charge in [0, 0.05) is 23.1 Å². The van der Waals surface area contributed by atoms with Gasteiger partial charge < -0.3 is 14.4 Å². The van der Waals surface area contributed by atoms with E-state index in [0.29, 0.717) is 21.6 Å². The zero-order valence-electron chi connectivity index (χ0n) is 12.9. The van der Waals surface area contributed by atoms with Gasteiger partial charge >= 0.3 is 0 Å². The minimum Gasteiger partial charge on any atom is -0.491 e. The van der Waals surface area contributed by atoms with Gasteiger partial charge in [-0.2, -0.15) is 0 Å². The zero-order chi connectivity index (χ0) is 17.1. The molecule has 0 fully saturated rings. The second-order valence-corrected chi connectivity index (χ2v) is 6.30. The summed E-state index contributed by atoms with van der Waals surface area (Å²) in [7, 11) is 0. The Hall–Kier alpha value is -2.17. The minimum absolute atomic E-state index is 0.0520. The van der Waals surface area contributed by atoms with Gasteiger partial charge in [-0.3, -0.25) is 0 Å². The van der Waals surface area contributed by atoms with E-state index >= 15 is 0 Å². The molecule has 2 aromatic carbocycles. The lowest BCUT2D eigenvalue weighted by molar-refractivity contribution is 0.222. The largest absolute Gasteiger partial charge is 0.491 e. The molecule has 0 saturated heterocycles. The topological polar surface area (TPSA) is 55.5 Å². The molecule has 0 aliphatic rings. The molecular formula is C18H15Cl2NO3. The van der Waals surface area contributed by atoms with Crippen molar-refractivity contribution in [2.45, 2.75) is 19.4 Å². The molecule has 1 atom stereocenters.